The molecule has 5 heteroatoms. The third-order valence-electron chi connectivity index (χ3n) is 5.64. The Balaban J connectivity index is 1.93. The summed E-state index contributed by atoms with van der Waals surface area (Å²) in [6.07, 6.45) is 2.95. The molecule has 0 aromatic heterocycles. The second-order valence-electron chi connectivity index (χ2n) is 7.21. The van der Waals surface area contributed by atoms with Crippen LogP contribution in [0.4, 0.5) is 0 Å². The summed E-state index contributed by atoms with van der Waals surface area (Å²) < 4.78 is 5.12. The Kier molecular flexibility index (Phi) is 4.63. The van der Waals surface area contributed by atoms with E-state index in [-0.39, 0.29) is 23.8 Å². The highest BCUT2D eigenvalue weighted by molar-refractivity contribution is 5.83. The average molecular weight is 330 g/mol. The zero-order valence-corrected chi connectivity index (χ0v) is 14.7. The number of rotatable bonds is 4. The van der Waals surface area contributed by atoms with E-state index in [1.165, 1.54) is 7.11 Å². The molecule has 0 spiro atoms. The molecule has 0 unspecified atom stereocenters. The summed E-state index contributed by atoms with van der Waals surface area (Å²) in [5.41, 5.74) is 0.546. The fraction of sp³-hybridized carbons (Fsp3) is 0.579. The number of hydrogen-bond acceptors (Lipinski definition) is 4. The lowest BCUT2D eigenvalue weighted by Crippen LogP contribution is -2.42. The van der Waals surface area contributed by atoms with Crippen molar-refractivity contribution in [2.75, 3.05) is 34.3 Å². The van der Waals surface area contributed by atoms with Gasteiger partial charge in [-0.1, -0.05) is 36.8 Å². The largest absolute Gasteiger partial charge is 0.469 e. The van der Waals surface area contributed by atoms with Crippen molar-refractivity contribution in [3.05, 3.63) is 35.9 Å². The van der Waals surface area contributed by atoms with Crippen molar-refractivity contribution >= 4 is 11.9 Å². The van der Waals surface area contributed by atoms with Gasteiger partial charge in [-0.15, -0.1) is 0 Å². The van der Waals surface area contributed by atoms with Gasteiger partial charge in [0.15, 0.2) is 0 Å². The minimum absolute atomic E-state index is 0.0567. The number of benzene rings is 1. The van der Waals surface area contributed by atoms with E-state index in [1.807, 2.05) is 30.3 Å². The molecule has 3 atom stereocenters. The van der Waals surface area contributed by atoms with Crippen LogP contribution in [0, 0.1) is 11.3 Å². The highest BCUT2D eigenvalue weighted by atomic mass is 16.5. The van der Waals surface area contributed by atoms with Crippen LogP contribution < -0.4 is 0 Å². The molecule has 1 saturated heterocycles. The molecule has 0 bridgehead atoms. The molecule has 1 aliphatic heterocycles. The summed E-state index contributed by atoms with van der Waals surface area (Å²) in [6, 6.07) is 9.51. The van der Waals surface area contributed by atoms with Crippen LogP contribution in [0.15, 0.2) is 30.3 Å². The lowest BCUT2D eigenvalue weighted by molar-refractivity contribution is -0.153. The Morgan fingerprint density at radius 3 is 2.62 bits per heavy atom. The fourth-order valence-corrected chi connectivity index (χ4v) is 4.45. The molecule has 2 aliphatic rings. The Hall–Kier alpha value is -1.88. The van der Waals surface area contributed by atoms with Crippen LogP contribution in [0.1, 0.15) is 30.9 Å². The number of ether oxygens (including phenoxy) is 1. The van der Waals surface area contributed by atoms with Crippen LogP contribution in [0.2, 0.25) is 0 Å². The number of likely N-dealkylation sites (N-methyl/N-ethyl adjacent to an activating group) is 1. The first-order valence-electron chi connectivity index (χ1n) is 8.58. The number of amides is 1. The minimum atomic E-state index is -0.436. The van der Waals surface area contributed by atoms with Crippen LogP contribution in [-0.2, 0) is 14.3 Å². The molecule has 1 heterocycles. The van der Waals surface area contributed by atoms with Gasteiger partial charge >= 0.3 is 5.97 Å². The third-order valence-corrected chi connectivity index (χ3v) is 5.64. The van der Waals surface area contributed by atoms with Crippen LogP contribution in [0.25, 0.3) is 0 Å². The summed E-state index contributed by atoms with van der Waals surface area (Å²) in [5.74, 6) is 0.226. The van der Waals surface area contributed by atoms with E-state index in [0.29, 0.717) is 6.54 Å². The number of esters is 1. The Morgan fingerprint density at radius 1 is 1.29 bits per heavy atom. The van der Waals surface area contributed by atoms with Crippen LogP contribution in [0.5, 0.6) is 0 Å². The van der Waals surface area contributed by atoms with Gasteiger partial charge in [0, 0.05) is 27.2 Å². The number of fused-ring (bicyclic) bond motifs is 1. The lowest BCUT2D eigenvalue weighted by atomic mass is 9.81. The van der Waals surface area contributed by atoms with Crippen molar-refractivity contribution in [1.29, 1.82) is 0 Å². The Morgan fingerprint density at radius 2 is 2.00 bits per heavy atom. The molecule has 0 N–H and O–H groups in total. The molecule has 130 valence electrons. The topological polar surface area (TPSA) is 49.9 Å². The Labute approximate surface area is 143 Å². The van der Waals surface area contributed by atoms with Crippen molar-refractivity contribution in [3.63, 3.8) is 0 Å². The summed E-state index contributed by atoms with van der Waals surface area (Å²) in [7, 11) is 5.03. The Bertz CT molecular complexity index is 616. The van der Waals surface area contributed by atoms with Crippen molar-refractivity contribution in [2.45, 2.75) is 25.3 Å². The molecular weight excluding hydrogens is 304 g/mol. The van der Waals surface area contributed by atoms with E-state index in [9.17, 15) is 9.59 Å². The summed E-state index contributed by atoms with van der Waals surface area (Å²) in [4.78, 5) is 29.2. The summed E-state index contributed by atoms with van der Waals surface area (Å²) in [6.45, 7) is 1.37. The van der Waals surface area contributed by atoms with Crippen molar-refractivity contribution in [1.82, 2.24) is 9.80 Å². The van der Waals surface area contributed by atoms with Gasteiger partial charge in [-0.3, -0.25) is 14.5 Å². The molecule has 5 nitrogen and oxygen atoms in total. The predicted octanol–water partition coefficient (Wildman–Crippen LogP) is 2.09. The maximum Gasteiger partial charge on any atom is 0.313 e. The number of likely N-dealkylation sites (tertiary alicyclic amines) is 1. The number of carbonyl (C=O) groups is 2. The molecule has 24 heavy (non-hydrogen) atoms. The van der Waals surface area contributed by atoms with E-state index < -0.39 is 5.41 Å². The number of carbonyl (C=O) groups excluding carboxylic acids is 2. The molecule has 1 aromatic rings. The first-order chi connectivity index (χ1) is 11.5. The first kappa shape index (κ1) is 17.0. The van der Waals surface area contributed by atoms with E-state index in [2.05, 4.69) is 4.90 Å². The monoisotopic (exact) mass is 330 g/mol. The standard InChI is InChI=1S/C19H26N2O3/c1-20(2)17(22)16(14-8-5-4-6-9-14)21-12-15-10-7-11-19(15,13-21)18(23)24-3/h4-6,8-9,15-16H,7,10-13H2,1-3H3/t15-,16+,19-/m0/s1. The second kappa shape index (κ2) is 6.55. The zero-order valence-electron chi connectivity index (χ0n) is 14.7. The third kappa shape index (κ3) is 2.71. The predicted molar refractivity (Wildman–Crippen MR) is 91.2 cm³/mol. The van der Waals surface area contributed by atoms with Gasteiger partial charge in [0.25, 0.3) is 0 Å². The lowest BCUT2D eigenvalue weighted by Gasteiger charge is -2.31. The highest BCUT2D eigenvalue weighted by Crippen LogP contribution is 2.51. The molecule has 1 saturated carbocycles. The quantitative estimate of drug-likeness (QED) is 0.793. The molecule has 2 fully saturated rings. The van der Waals surface area contributed by atoms with Gasteiger partial charge in [-0.2, -0.15) is 0 Å². The SMILES string of the molecule is COC(=O)[C@]12CCC[C@H]1CN([C@@H](C(=O)N(C)C)c1ccccc1)C2. The smallest absolute Gasteiger partial charge is 0.313 e. The van der Waals surface area contributed by atoms with E-state index >= 15 is 0 Å². The fourth-order valence-electron chi connectivity index (χ4n) is 4.45. The van der Waals surface area contributed by atoms with Crippen molar-refractivity contribution in [2.24, 2.45) is 11.3 Å². The molecule has 1 aliphatic carbocycles. The van der Waals surface area contributed by atoms with Crippen molar-refractivity contribution in [3.8, 4) is 0 Å². The number of nitrogens with zero attached hydrogens (tertiary/aromatic N) is 2. The minimum Gasteiger partial charge on any atom is -0.469 e. The van der Waals surface area contributed by atoms with Gasteiger partial charge < -0.3 is 9.64 Å². The van der Waals surface area contributed by atoms with Crippen LogP contribution in [0.3, 0.4) is 0 Å². The van der Waals surface area contributed by atoms with Crippen LogP contribution in [-0.4, -0.2) is 56.0 Å². The van der Waals surface area contributed by atoms with E-state index in [1.54, 1.807) is 19.0 Å². The average Bonchev–Trinajstić information content (AvgIpc) is 3.13. The van der Waals surface area contributed by atoms with Gasteiger partial charge in [-0.25, -0.2) is 0 Å². The maximum atomic E-state index is 12.9. The normalized spacial score (nSPS) is 27.5. The van der Waals surface area contributed by atoms with Crippen LogP contribution >= 0.6 is 0 Å². The summed E-state index contributed by atoms with van der Waals surface area (Å²) in [5, 5.41) is 0. The van der Waals surface area contributed by atoms with Gasteiger partial charge in [0.2, 0.25) is 5.91 Å². The first-order valence-corrected chi connectivity index (χ1v) is 8.58. The van der Waals surface area contributed by atoms with Gasteiger partial charge in [-0.05, 0) is 24.3 Å². The molecule has 3 rings (SSSR count). The van der Waals surface area contributed by atoms with Gasteiger partial charge in [0.1, 0.15) is 6.04 Å². The summed E-state index contributed by atoms with van der Waals surface area (Å²) >= 11 is 0. The molecule has 1 amide bonds. The molecule has 0 radical (unpaired) electrons. The zero-order chi connectivity index (χ0) is 17.3. The van der Waals surface area contributed by atoms with E-state index in [0.717, 1.165) is 31.4 Å². The highest BCUT2D eigenvalue weighted by Gasteiger charge is 2.57. The number of hydrogen-bond donors (Lipinski definition) is 0. The maximum absolute atomic E-state index is 12.9. The molecule has 1 aromatic carbocycles. The van der Waals surface area contributed by atoms with Gasteiger partial charge in [0.05, 0.1) is 12.5 Å². The second-order valence-corrected chi connectivity index (χ2v) is 7.21. The van der Waals surface area contributed by atoms with E-state index in [4.69, 9.17) is 4.74 Å². The number of methoxy groups -OCH3 is 1. The van der Waals surface area contributed by atoms with Crippen molar-refractivity contribution < 1.29 is 14.3 Å². The molecular formula is C19H26N2O3.